The van der Waals surface area contributed by atoms with Gasteiger partial charge in [-0.25, -0.2) is 9.48 Å². The number of amides is 2. The predicted octanol–water partition coefficient (Wildman–Crippen LogP) is 2.29. The van der Waals surface area contributed by atoms with Crippen molar-refractivity contribution < 1.29 is 19.2 Å². The highest BCUT2D eigenvalue weighted by molar-refractivity contribution is 6.32. The van der Waals surface area contributed by atoms with E-state index in [0.717, 1.165) is 0 Å². The molecule has 0 fully saturated rings. The average Bonchev–Trinajstić information content (AvgIpc) is 3.23. The van der Waals surface area contributed by atoms with Crippen molar-refractivity contribution >= 4 is 29.4 Å². The molecule has 0 saturated heterocycles. The molecule has 2 heterocycles. The fourth-order valence-corrected chi connectivity index (χ4v) is 2.71. The molecule has 1 aliphatic rings. The van der Waals surface area contributed by atoms with E-state index in [-0.39, 0.29) is 16.8 Å². The van der Waals surface area contributed by atoms with Crippen LogP contribution in [-0.2, 0) is 4.84 Å². The van der Waals surface area contributed by atoms with Crippen LogP contribution in [0.5, 0.6) is 0 Å². The molecule has 4 rings (SSSR count). The average molecular weight is 369 g/mol. The summed E-state index contributed by atoms with van der Waals surface area (Å²) in [6.45, 7) is 0. The summed E-state index contributed by atoms with van der Waals surface area (Å²) in [5, 5.41) is 8.35. The molecule has 9 heteroatoms. The van der Waals surface area contributed by atoms with Crippen LogP contribution in [0, 0.1) is 0 Å². The third-order valence-corrected chi connectivity index (χ3v) is 4.05. The van der Waals surface area contributed by atoms with Crippen LogP contribution in [0.1, 0.15) is 31.2 Å². The van der Waals surface area contributed by atoms with Gasteiger partial charge in [-0.05, 0) is 24.3 Å². The number of halogens is 1. The summed E-state index contributed by atoms with van der Waals surface area (Å²) in [7, 11) is 0. The lowest BCUT2D eigenvalue weighted by molar-refractivity contribution is -0.0588. The first kappa shape index (κ1) is 16.0. The summed E-state index contributed by atoms with van der Waals surface area (Å²) in [6, 6.07) is 13.1. The Morgan fingerprint density at radius 3 is 2.23 bits per heavy atom. The minimum atomic E-state index is -0.988. The summed E-state index contributed by atoms with van der Waals surface area (Å²) >= 11 is 6.07. The Morgan fingerprint density at radius 2 is 1.58 bits per heavy atom. The van der Waals surface area contributed by atoms with Crippen molar-refractivity contribution in [2.24, 2.45) is 0 Å². The number of rotatable bonds is 3. The molecule has 2 aromatic carbocycles. The Bertz CT molecular complexity index is 1030. The smallest absolute Gasteiger partial charge is 0.322 e. The zero-order valence-electron chi connectivity index (χ0n) is 13.0. The van der Waals surface area contributed by atoms with Crippen molar-refractivity contribution in [3.63, 3.8) is 0 Å². The quantitative estimate of drug-likeness (QED) is 0.658. The van der Waals surface area contributed by atoms with Gasteiger partial charge >= 0.3 is 5.97 Å². The molecule has 0 spiro atoms. The van der Waals surface area contributed by atoms with Gasteiger partial charge in [0.1, 0.15) is 0 Å². The van der Waals surface area contributed by atoms with Crippen LogP contribution in [0.25, 0.3) is 5.69 Å². The predicted molar refractivity (Wildman–Crippen MR) is 88.7 cm³/mol. The van der Waals surface area contributed by atoms with Crippen LogP contribution in [0.3, 0.4) is 0 Å². The van der Waals surface area contributed by atoms with Crippen molar-refractivity contribution in [3.8, 4) is 5.69 Å². The fourth-order valence-electron chi connectivity index (χ4n) is 2.49. The normalized spacial score (nSPS) is 13.0. The second-order valence-electron chi connectivity index (χ2n) is 5.33. The number of hydrogen-bond donors (Lipinski definition) is 0. The molecule has 0 aliphatic carbocycles. The van der Waals surface area contributed by atoms with E-state index in [4.69, 9.17) is 16.4 Å². The van der Waals surface area contributed by atoms with Gasteiger partial charge in [0, 0.05) is 0 Å². The van der Waals surface area contributed by atoms with Crippen LogP contribution in [-0.4, -0.2) is 37.8 Å². The van der Waals surface area contributed by atoms with E-state index in [1.54, 1.807) is 36.4 Å². The minimum Gasteiger partial charge on any atom is -0.322 e. The number of hydroxylamine groups is 2. The van der Waals surface area contributed by atoms with Crippen LogP contribution in [0.4, 0.5) is 0 Å². The van der Waals surface area contributed by atoms with Crippen LogP contribution in [0.2, 0.25) is 5.02 Å². The standard InChI is InChI=1S/C17H9ClN4O4/c18-12-7-3-4-8-14(12)21-9-13(19-20-21)17(25)26-22-15(23)10-5-1-2-6-11(10)16(22)24/h1-9H. The molecule has 0 saturated carbocycles. The van der Waals surface area contributed by atoms with Gasteiger partial charge in [0.2, 0.25) is 0 Å². The lowest BCUT2D eigenvalue weighted by atomic mass is 10.1. The van der Waals surface area contributed by atoms with Gasteiger partial charge in [-0.3, -0.25) is 9.59 Å². The molecule has 8 nitrogen and oxygen atoms in total. The number of imide groups is 1. The maximum absolute atomic E-state index is 12.3. The molecule has 128 valence electrons. The highest BCUT2D eigenvalue weighted by Crippen LogP contribution is 2.23. The van der Waals surface area contributed by atoms with Crippen molar-refractivity contribution in [1.82, 2.24) is 20.1 Å². The first-order valence-corrected chi connectivity index (χ1v) is 7.81. The molecule has 0 unspecified atom stereocenters. The Labute approximate surface area is 151 Å². The Morgan fingerprint density at radius 1 is 0.962 bits per heavy atom. The van der Waals surface area contributed by atoms with Crippen LogP contribution in [0.15, 0.2) is 54.7 Å². The number of para-hydroxylation sites is 1. The van der Waals surface area contributed by atoms with Crippen LogP contribution < -0.4 is 0 Å². The van der Waals surface area contributed by atoms with Gasteiger partial charge in [-0.2, -0.15) is 0 Å². The van der Waals surface area contributed by atoms with Crippen molar-refractivity contribution in [1.29, 1.82) is 0 Å². The lowest BCUT2D eigenvalue weighted by Gasteiger charge is -2.11. The molecule has 1 aliphatic heterocycles. The Kier molecular flexibility index (Phi) is 3.74. The van der Waals surface area contributed by atoms with E-state index in [1.807, 2.05) is 0 Å². The number of aromatic nitrogens is 3. The van der Waals surface area contributed by atoms with Gasteiger partial charge in [0.15, 0.2) is 5.69 Å². The number of hydrogen-bond acceptors (Lipinski definition) is 6. The molecular formula is C17H9ClN4O4. The minimum absolute atomic E-state index is 0.171. The Balaban J connectivity index is 1.56. The number of nitrogens with zero attached hydrogens (tertiary/aromatic N) is 4. The van der Waals surface area contributed by atoms with Crippen LogP contribution >= 0.6 is 11.6 Å². The van der Waals surface area contributed by atoms with Crippen molar-refractivity contribution in [2.45, 2.75) is 0 Å². The molecule has 1 aromatic heterocycles. The van der Waals surface area contributed by atoms with E-state index in [9.17, 15) is 14.4 Å². The number of fused-ring (bicyclic) bond motifs is 1. The monoisotopic (exact) mass is 368 g/mol. The maximum atomic E-state index is 12.3. The zero-order chi connectivity index (χ0) is 18.3. The molecule has 3 aromatic rings. The van der Waals surface area contributed by atoms with Gasteiger partial charge in [0.25, 0.3) is 11.8 Å². The second-order valence-corrected chi connectivity index (χ2v) is 5.74. The van der Waals surface area contributed by atoms with Crippen molar-refractivity contribution in [2.75, 3.05) is 0 Å². The van der Waals surface area contributed by atoms with E-state index < -0.39 is 17.8 Å². The van der Waals surface area contributed by atoms with Gasteiger partial charge in [0.05, 0.1) is 28.0 Å². The van der Waals surface area contributed by atoms with E-state index in [1.165, 1.54) is 23.0 Å². The molecule has 0 bridgehead atoms. The SMILES string of the molecule is O=C(ON1C(=O)c2ccccc2C1=O)c1cn(-c2ccccc2Cl)nn1. The third kappa shape index (κ3) is 2.52. The summed E-state index contributed by atoms with van der Waals surface area (Å²) in [5.41, 5.74) is 0.679. The molecule has 26 heavy (non-hydrogen) atoms. The summed E-state index contributed by atoms with van der Waals surface area (Å²) in [5.74, 6) is -2.41. The largest absolute Gasteiger partial charge is 0.385 e. The lowest BCUT2D eigenvalue weighted by Crippen LogP contribution is -2.32. The van der Waals surface area contributed by atoms with E-state index in [0.29, 0.717) is 15.8 Å². The van der Waals surface area contributed by atoms with Gasteiger partial charge in [-0.15, -0.1) is 5.10 Å². The number of carbonyl (C=O) groups excluding carboxylic acids is 3. The highest BCUT2D eigenvalue weighted by Gasteiger charge is 2.39. The first-order chi connectivity index (χ1) is 12.6. The first-order valence-electron chi connectivity index (χ1n) is 7.43. The summed E-state index contributed by atoms with van der Waals surface area (Å²) in [4.78, 5) is 41.6. The summed E-state index contributed by atoms with van der Waals surface area (Å²) < 4.78 is 1.29. The third-order valence-electron chi connectivity index (χ3n) is 3.73. The maximum Gasteiger partial charge on any atom is 0.385 e. The molecule has 0 radical (unpaired) electrons. The highest BCUT2D eigenvalue weighted by atomic mass is 35.5. The fraction of sp³-hybridized carbons (Fsp3) is 0. The van der Waals surface area contributed by atoms with Crippen molar-refractivity contribution in [3.05, 3.63) is 76.6 Å². The molecule has 2 amide bonds. The summed E-state index contributed by atoms with van der Waals surface area (Å²) in [6.07, 6.45) is 1.29. The number of carbonyl (C=O) groups is 3. The molecule has 0 atom stereocenters. The Hall–Kier alpha value is -3.52. The van der Waals surface area contributed by atoms with Gasteiger partial charge < -0.3 is 4.84 Å². The van der Waals surface area contributed by atoms with Gasteiger partial charge in [-0.1, -0.05) is 46.1 Å². The van der Waals surface area contributed by atoms with E-state index in [2.05, 4.69) is 10.3 Å². The topological polar surface area (TPSA) is 94.4 Å². The second kappa shape index (κ2) is 6.08. The molecular weight excluding hydrogens is 360 g/mol. The zero-order valence-corrected chi connectivity index (χ0v) is 13.8. The number of benzene rings is 2. The molecule has 0 N–H and O–H groups in total. The van der Waals surface area contributed by atoms with E-state index >= 15 is 0 Å².